The van der Waals surface area contributed by atoms with Crippen LogP contribution in [0.15, 0.2) is 54.6 Å². The molecule has 0 radical (unpaired) electrons. The Morgan fingerprint density at radius 3 is 2.19 bits per heavy atom. The topological polar surface area (TPSA) is 9.23 Å². The molecular formula is C33H39F3O. The highest BCUT2D eigenvalue weighted by molar-refractivity contribution is 5.65. The van der Waals surface area contributed by atoms with Gasteiger partial charge in [-0.2, -0.15) is 0 Å². The summed E-state index contributed by atoms with van der Waals surface area (Å²) in [6.45, 7) is 4.78. The number of hydrogen-bond donors (Lipinski definition) is 0. The van der Waals surface area contributed by atoms with Crippen molar-refractivity contribution in [3.05, 3.63) is 88.7 Å². The molecule has 4 heteroatoms. The Bertz CT molecular complexity index is 1150. The number of unbranched alkanes of at least 4 members (excludes halogenated alkanes) is 2. The summed E-state index contributed by atoms with van der Waals surface area (Å²) in [5, 5.41) is 0. The van der Waals surface area contributed by atoms with E-state index < -0.39 is 11.6 Å². The van der Waals surface area contributed by atoms with E-state index in [1.165, 1.54) is 11.6 Å². The van der Waals surface area contributed by atoms with Crippen molar-refractivity contribution in [3.63, 3.8) is 0 Å². The predicted molar refractivity (Wildman–Crippen MR) is 146 cm³/mol. The number of aryl methyl sites for hydroxylation is 2. The average molecular weight is 509 g/mol. The van der Waals surface area contributed by atoms with Crippen LogP contribution in [0.3, 0.4) is 0 Å². The molecule has 1 aliphatic carbocycles. The smallest absolute Gasteiger partial charge is 0.166 e. The first-order valence-corrected chi connectivity index (χ1v) is 14.0. The van der Waals surface area contributed by atoms with E-state index in [9.17, 15) is 4.39 Å². The van der Waals surface area contributed by atoms with E-state index in [4.69, 9.17) is 4.74 Å². The SMILES string of the molecule is CCCCCc1ccc(OCC2CCC(c3ccc(-c4ccc(CCC)cc4)c(F)c3F)CC2)cc1F. The summed E-state index contributed by atoms with van der Waals surface area (Å²) in [7, 11) is 0. The summed E-state index contributed by atoms with van der Waals surface area (Å²) < 4.78 is 50.5. The van der Waals surface area contributed by atoms with Crippen molar-refractivity contribution in [1.29, 1.82) is 0 Å². The highest BCUT2D eigenvalue weighted by Crippen LogP contribution is 2.39. The molecule has 3 aromatic rings. The third-order valence-electron chi connectivity index (χ3n) is 7.76. The molecule has 0 unspecified atom stereocenters. The molecule has 1 fully saturated rings. The molecule has 0 bridgehead atoms. The van der Waals surface area contributed by atoms with Crippen molar-refractivity contribution < 1.29 is 17.9 Å². The summed E-state index contributed by atoms with van der Waals surface area (Å²) in [5.74, 6) is -0.778. The van der Waals surface area contributed by atoms with Gasteiger partial charge >= 0.3 is 0 Å². The largest absolute Gasteiger partial charge is 0.493 e. The third-order valence-corrected chi connectivity index (χ3v) is 7.76. The number of benzene rings is 3. The van der Waals surface area contributed by atoms with Gasteiger partial charge in [0.2, 0.25) is 0 Å². The van der Waals surface area contributed by atoms with Gasteiger partial charge < -0.3 is 4.74 Å². The zero-order chi connectivity index (χ0) is 26.2. The number of hydrogen-bond acceptors (Lipinski definition) is 1. The van der Waals surface area contributed by atoms with Crippen molar-refractivity contribution in [1.82, 2.24) is 0 Å². The van der Waals surface area contributed by atoms with Crippen LogP contribution >= 0.6 is 0 Å². The fraction of sp³-hybridized carbons (Fsp3) is 0.455. The van der Waals surface area contributed by atoms with Gasteiger partial charge in [0, 0.05) is 11.6 Å². The molecule has 0 atom stereocenters. The zero-order valence-electron chi connectivity index (χ0n) is 22.2. The van der Waals surface area contributed by atoms with Gasteiger partial charge in [-0.05, 0) is 85.1 Å². The second kappa shape index (κ2) is 13.2. The Hall–Kier alpha value is -2.75. The summed E-state index contributed by atoms with van der Waals surface area (Å²) in [6.07, 6.45) is 9.35. The zero-order valence-corrected chi connectivity index (χ0v) is 22.2. The Balaban J connectivity index is 1.31. The second-order valence-corrected chi connectivity index (χ2v) is 10.5. The van der Waals surface area contributed by atoms with Crippen LogP contribution in [0.4, 0.5) is 13.2 Å². The Labute approximate surface area is 220 Å². The van der Waals surface area contributed by atoms with Crippen LogP contribution in [-0.4, -0.2) is 6.61 Å². The fourth-order valence-corrected chi connectivity index (χ4v) is 5.48. The van der Waals surface area contributed by atoms with E-state index in [1.54, 1.807) is 12.1 Å². The maximum atomic E-state index is 15.1. The lowest BCUT2D eigenvalue weighted by molar-refractivity contribution is 0.198. The van der Waals surface area contributed by atoms with Gasteiger partial charge in [-0.3, -0.25) is 0 Å². The lowest BCUT2D eigenvalue weighted by Gasteiger charge is -2.29. The summed E-state index contributed by atoms with van der Waals surface area (Å²) in [5.41, 5.74) is 3.44. The maximum Gasteiger partial charge on any atom is 0.166 e. The highest BCUT2D eigenvalue weighted by Gasteiger charge is 2.27. The first-order valence-electron chi connectivity index (χ1n) is 14.0. The fourth-order valence-electron chi connectivity index (χ4n) is 5.48. The minimum Gasteiger partial charge on any atom is -0.493 e. The maximum absolute atomic E-state index is 15.1. The summed E-state index contributed by atoms with van der Waals surface area (Å²) in [4.78, 5) is 0. The first-order chi connectivity index (χ1) is 18.0. The van der Waals surface area contributed by atoms with Crippen molar-refractivity contribution in [2.24, 2.45) is 5.92 Å². The van der Waals surface area contributed by atoms with Gasteiger partial charge in [0.05, 0.1) is 6.61 Å². The van der Waals surface area contributed by atoms with Gasteiger partial charge in [-0.25, -0.2) is 13.2 Å². The molecule has 37 heavy (non-hydrogen) atoms. The third kappa shape index (κ3) is 6.97. The molecule has 0 saturated heterocycles. The van der Waals surface area contributed by atoms with E-state index in [2.05, 4.69) is 13.8 Å². The first kappa shape index (κ1) is 27.3. The van der Waals surface area contributed by atoms with E-state index >= 15 is 8.78 Å². The van der Waals surface area contributed by atoms with Crippen molar-refractivity contribution in [2.45, 2.75) is 84.0 Å². The van der Waals surface area contributed by atoms with Crippen molar-refractivity contribution in [2.75, 3.05) is 6.61 Å². The van der Waals surface area contributed by atoms with Crippen LogP contribution < -0.4 is 4.74 Å². The summed E-state index contributed by atoms with van der Waals surface area (Å²) in [6, 6.07) is 16.4. The van der Waals surface area contributed by atoms with Crippen LogP contribution in [0.2, 0.25) is 0 Å². The Morgan fingerprint density at radius 2 is 1.51 bits per heavy atom. The van der Waals surface area contributed by atoms with Crippen LogP contribution in [0.1, 0.15) is 87.8 Å². The molecule has 0 spiro atoms. The van der Waals surface area contributed by atoms with Gasteiger partial charge in [0.1, 0.15) is 11.6 Å². The summed E-state index contributed by atoms with van der Waals surface area (Å²) >= 11 is 0. The van der Waals surface area contributed by atoms with Crippen LogP contribution in [0.5, 0.6) is 5.75 Å². The molecule has 0 aromatic heterocycles. The van der Waals surface area contributed by atoms with Crippen LogP contribution in [-0.2, 0) is 12.8 Å². The molecular weight excluding hydrogens is 469 g/mol. The van der Waals surface area contributed by atoms with Crippen molar-refractivity contribution >= 4 is 0 Å². The van der Waals surface area contributed by atoms with Gasteiger partial charge in [0.25, 0.3) is 0 Å². The number of ether oxygens (including phenoxy) is 1. The number of halogens is 3. The lowest BCUT2D eigenvalue weighted by Crippen LogP contribution is -2.20. The minimum absolute atomic E-state index is 0.00609. The van der Waals surface area contributed by atoms with Crippen LogP contribution in [0.25, 0.3) is 11.1 Å². The molecule has 0 N–H and O–H groups in total. The quantitative estimate of drug-likeness (QED) is 0.234. The lowest BCUT2D eigenvalue weighted by atomic mass is 9.78. The monoisotopic (exact) mass is 508 g/mol. The predicted octanol–water partition coefficient (Wildman–Crippen LogP) is 9.81. The van der Waals surface area contributed by atoms with E-state index in [1.807, 2.05) is 36.4 Å². The molecule has 0 aliphatic heterocycles. The number of rotatable bonds is 11. The van der Waals surface area contributed by atoms with E-state index in [-0.39, 0.29) is 11.7 Å². The van der Waals surface area contributed by atoms with E-state index in [0.29, 0.717) is 35.0 Å². The van der Waals surface area contributed by atoms with Gasteiger partial charge in [-0.15, -0.1) is 0 Å². The molecule has 0 heterocycles. The second-order valence-electron chi connectivity index (χ2n) is 10.5. The molecule has 0 amide bonds. The Kier molecular flexibility index (Phi) is 9.71. The Morgan fingerprint density at radius 1 is 0.757 bits per heavy atom. The van der Waals surface area contributed by atoms with Crippen molar-refractivity contribution in [3.8, 4) is 16.9 Å². The highest BCUT2D eigenvalue weighted by atomic mass is 19.2. The molecule has 198 valence electrons. The molecule has 1 aliphatic rings. The standard InChI is InChI=1S/C33H39F3O/c1-3-5-6-8-27-17-18-28(21-31(27)34)37-22-24-11-15-26(16-12-24)30-20-19-29(32(35)33(30)36)25-13-9-23(7-4-2)10-14-25/h9-10,13-14,17-21,24,26H,3-8,11-12,15-16,22H2,1-2H3. The molecule has 1 saturated carbocycles. The van der Waals surface area contributed by atoms with Gasteiger partial charge in [0.15, 0.2) is 11.6 Å². The van der Waals surface area contributed by atoms with E-state index in [0.717, 1.165) is 69.8 Å². The average Bonchev–Trinajstić information content (AvgIpc) is 2.91. The minimum atomic E-state index is -0.758. The molecule has 3 aromatic carbocycles. The molecule has 4 rings (SSSR count). The normalized spacial score (nSPS) is 17.6. The van der Waals surface area contributed by atoms with Crippen LogP contribution in [0, 0.1) is 23.4 Å². The van der Waals surface area contributed by atoms with Gasteiger partial charge in [-0.1, -0.05) is 75.6 Å². The molecule has 1 nitrogen and oxygen atoms in total.